The van der Waals surface area contributed by atoms with Crippen LogP contribution in [0.25, 0.3) is 0 Å². The second-order valence-electron chi connectivity index (χ2n) is 5.22. The third-order valence-corrected chi connectivity index (χ3v) is 4.03. The van der Waals surface area contributed by atoms with E-state index in [1.165, 1.54) is 6.07 Å². The molecular weight excluding hydrogens is 269 g/mol. The summed E-state index contributed by atoms with van der Waals surface area (Å²) >= 11 is 0. The van der Waals surface area contributed by atoms with Crippen LogP contribution in [0.1, 0.15) is 25.5 Å². The van der Waals surface area contributed by atoms with Gasteiger partial charge in [-0.1, -0.05) is 18.2 Å². The lowest BCUT2D eigenvalue weighted by Gasteiger charge is -2.36. The van der Waals surface area contributed by atoms with E-state index in [0.29, 0.717) is 18.7 Å². The first-order valence-corrected chi connectivity index (χ1v) is 7.67. The number of likely N-dealkylation sites (N-methyl/N-ethyl adjacent to an activating group) is 1. The van der Waals surface area contributed by atoms with E-state index in [1.54, 1.807) is 23.1 Å². The second-order valence-corrected chi connectivity index (χ2v) is 5.22. The lowest BCUT2D eigenvalue weighted by Crippen LogP contribution is -2.50. The molecule has 0 saturated carbocycles. The lowest BCUT2D eigenvalue weighted by atomic mass is 10.0. The summed E-state index contributed by atoms with van der Waals surface area (Å²) in [5, 5.41) is 3.27. The zero-order chi connectivity index (χ0) is 15.2. The van der Waals surface area contributed by atoms with Gasteiger partial charge >= 0.3 is 0 Å². The zero-order valence-electron chi connectivity index (χ0n) is 12.8. The summed E-state index contributed by atoms with van der Waals surface area (Å²) in [7, 11) is 0. The molecule has 1 aliphatic heterocycles. The molecule has 1 saturated heterocycles. The van der Waals surface area contributed by atoms with E-state index in [1.807, 2.05) is 13.8 Å². The number of hydrogen-bond acceptors (Lipinski definition) is 3. The quantitative estimate of drug-likeness (QED) is 0.896. The van der Waals surface area contributed by atoms with Crippen molar-refractivity contribution < 1.29 is 9.18 Å². The van der Waals surface area contributed by atoms with Crippen LogP contribution in [0.4, 0.5) is 4.39 Å². The standard InChI is InChI=1S/C16H24FN3O/c1-3-19(4-2)16(21)15(20-11-9-18-10-12-20)13-7-5-6-8-14(13)17/h5-8,15,18H,3-4,9-12H2,1-2H3. The smallest absolute Gasteiger partial charge is 0.244 e. The van der Waals surface area contributed by atoms with Gasteiger partial charge in [-0.25, -0.2) is 4.39 Å². The Kier molecular flexibility index (Phi) is 5.70. The number of benzene rings is 1. The van der Waals surface area contributed by atoms with Crippen LogP contribution >= 0.6 is 0 Å². The number of carbonyl (C=O) groups excluding carboxylic acids is 1. The predicted octanol–water partition coefficient (Wildman–Crippen LogP) is 1.64. The third-order valence-electron chi connectivity index (χ3n) is 4.03. The van der Waals surface area contributed by atoms with Gasteiger partial charge in [-0.2, -0.15) is 0 Å². The molecular formula is C16H24FN3O. The molecule has 1 amide bonds. The maximum Gasteiger partial charge on any atom is 0.244 e. The van der Waals surface area contributed by atoms with Crippen LogP contribution in [-0.2, 0) is 4.79 Å². The average Bonchev–Trinajstić information content (AvgIpc) is 2.52. The van der Waals surface area contributed by atoms with Gasteiger partial charge in [0.25, 0.3) is 0 Å². The largest absolute Gasteiger partial charge is 0.342 e. The van der Waals surface area contributed by atoms with E-state index in [-0.39, 0.29) is 11.7 Å². The first kappa shape index (κ1) is 15.9. The van der Waals surface area contributed by atoms with Crippen molar-refractivity contribution in [3.05, 3.63) is 35.6 Å². The molecule has 5 heteroatoms. The van der Waals surface area contributed by atoms with Gasteiger partial charge in [-0.05, 0) is 19.9 Å². The molecule has 1 heterocycles. The Bertz CT molecular complexity index is 470. The highest BCUT2D eigenvalue weighted by Crippen LogP contribution is 2.26. The van der Waals surface area contributed by atoms with Gasteiger partial charge in [0.15, 0.2) is 0 Å². The predicted molar refractivity (Wildman–Crippen MR) is 81.5 cm³/mol. The number of nitrogens with one attached hydrogen (secondary N) is 1. The first-order valence-electron chi connectivity index (χ1n) is 7.67. The topological polar surface area (TPSA) is 35.6 Å². The maximum absolute atomic E-state index is 14.2. The number of amides is 1. The van der Waals surface area contributed by atoms with E-state index in [4.69, 9.17) is 0 Å². The SMILES string of the molecule is CCN(CC)C(=O)C(c1ccccc1F)N1CCNCC1. The molecule has 116 valence electrons. The summed E-state index contributed by atoms with van der Waals surface area (Å²) < 4.78 is 14.2. The Morgan fingerprint density at radius 3 is 2.48 bits per heavy atom. The molecule has 0 spiro atoms. The fourth-order valence-electron chi connectivity index (χ4n) is 2.83. The van der Waals surface area contributed by atoms with Crippen LogP contribution in [0.15, 0.2) is 24.3 Å². The number of hydrogen-bond donors (Lipinski definition) is 1. The third kappa shape index (κ3) is 3.60. The Hall–Kier alpha value is -1.46. The van der Waals surface area contributed by atoms with Crippen LogP contribution in [0, 0.1) is 5.82 Å². The molecule has 1 aromatic rings. The monoisotopic (exact) mass is 293 g/mol. The molecule has 4 nitrogen and oxygen atoms in total. The van der Waals surface area contributed by atoms with E-state index in [9.17, 15) is 9.18 Å². The van der Waals surface area contributed by atoms with Crippen molar-refractivity contribution in [1.29, 1.82) is 0 Å². The van der Waals surface area contributed by atoms with Crippen molar-refractivity contribution in [2.24, 2.45) is 0 Å². The van der Waals surface area contributed by atoms with Gasteiger partial charge in [-0.3, -0.25) is 9.69 Å². The van der Waals surface area contributed by atoms with Gasteiger partial charge in [0.2, 0.25) is 5.91 Å². The molecule has 2 rings (SSSR count). The highest BCUT2D eigenvalue weighted by molar-refractivity contribution is 5.83. The average molecular weight is 293 g/mol. The molecule has 1 atom stereocenters. The minimum Gasteiger partial charge on any atom is -0.342 e. The normalized spacial score (nSPS) is 17.5. The molecule has 0 aliphatic carbocycles. The summed E-state index contributed by atoms with van der Waals surface area (Å²) in [5.41, 5.74) is 0.483. The van der Waals surface area contributed by atoms with Crippen molar-refractivity contribution in [3.8, 4) is 0 Å². The van der Waals surface area contributed by atoms with E-state index in [0.717, 1.165) is 26.2 Å². The van der Waals surface area contributed by atoms with Gasteiger partial charge in [0.05, 0.1) is 0 Å². The number of piperazine rings is 1. The van der Waals surface area contributed by atoms with Crippen LogP contribution in [-0.4, -0.2) is 55.0 Å². The fourth-order valence-corrected chi connectivity index (χ4v) is 2.83. The summed E-state index contributed by atoms with van der Waals surface area (Å²) in [6, 6.07) is 6.09. The fraction of sp³-hybridized carbons (Fsp3) is 0.562. The number of rotatable bonds is 5. The van der Waals surface area contributed by atoms with Gasteiger partial charge in [-0.15, -0.1) is 0 Å². The second kappa shape index (κ2) is 7.52. The van der Waals surface area contributed by atoms with E-state index in [2.05, 4.69) is 10.2 Å². The summed E-state index contributed by atoms with van der Waals surface area (Å²) in [6.45, 7) is 8.37. The van der Waals surface area contributed by atoms with Crippen LogP contribution in [0.3, 0.4) is 0 Å². The highest BCUT2D eigenvalue weighted by Gasteiger charge is 2.32. The van der Waals surface area contributed by atoms with Crippen molar-refractivity contribution in [2.45, 2.75) is 19.9 Å². The maximum atomic E-state index is 14.2. The van der Waals surface area contributed by atoms with E-state index >= 15 is 0 Å². The molecule has 0 aromatic heterocycles. The number of carbonyl (C=O) groups is 1. The molecule has 1 aliphatic rings. The molecule has 1 fully saturated rings. The van der Waals surface area contributed by atoms with Crippen molar-refractivity contribution in [1.82, 2.24) is 15.1 Å². The summed E-state index contributed by atoms with van der Waals surface area (Å²) in [4.78, 5) is 16.7. The molecule has 0 bridgehead atoms. The Morgan fingerprint density at radius 2 is 1.90 bits per heavy atom. The van der Waals surface area contributed by atoms with Gasteiger partial charge in [0, 0.05) is 44.8 Å². The number of halogens is 1. The van der Waals surface area contributed by atoms with Crippen molar-refractivity contribution in [2.75, 3.05) is 39.3 Å². The number of nitrogens with zero attached hydrogens (tertiary/aromatic N) is 2. The first-order chi connectivity index (χ1) is 10.2. The highest BCUT2D eigenvalue weighted by atomic mass is 19.1. The molecule has 1 aromatic carbocycles. The molecule has 1 N–H and O–H groups in total. The summed E-state index contributed by atoms with van der Waals surface area (Å²) in [5.74, 6) is -0.312. The minimum absolute atomic E-state index is 0.00741. The zero-order valence-corrected chi connectivity index (χ0v) is 12.8. The van der Waals surface area contributed by atoms with Gasteiger partial charge in [0.1, 0.15) is 11.9 Å². The molecule has 1 unspecified atom stereocenters. The Morgan fingerprint density at radius 1 is 1.29 bits per heavy atom. The van der Waals surface area contributed by atoms with Crippen molar-refractivity contribution >= 4 is 5.91 Å². The molecule has 0 radical (unpaired) electrons. The Balaban J connectivity index is 2.34. The van der Waals surface area contributed by atoms with Crippen LogP contribution < -0.4 is 5.32 Å². The van der Waals surface area contributed by atoms with Crippen LogP contribution in [0.5, 0.6) is 0 Å². The van der Waals surface area contributed by atoms with Crippen LogP contribution in [0.2, 0.25) is 0 Å². The van der Waals surface area contributed by atoms with Crippen molar-refractivity contribution in [3.63, 3.8) is 0 Å². The lowest BCUT2D eigenvalue weighted by molar-refractivity contribution is -0.137. The minimum atomic E-state index is -0.520. The Labute approximate surface area is 125 Å². The van der Waals surface area contributed by atoms with Gasteiger partial charge < -0.3 is 10.2 Å². The summed E-state index contributed by atoms with van der Waals surface area (Å²) in [6.07, 6.45) is 0. The molecule has 21 heavy (non-hydrogen) atoms. The van der Waals surface area contributed by atoms with E-state index < -0.39 is 6.04 Å².